The molecule has 0 radical (unpaired) electrons. The molecule has 0 aromatic carbocycles. The van der Waals surface area contributed by atoms with Crippen LogP contribution in [-0.2, 0) is 0 Å². The third-order valence-electron chi connectivity index (χ3n) is 3.18. The second-order valence-corrected chi connectivity index (χ2v) is 4.64. The van der Waals surface area contributed by atoms with Gasteiger partial charge < -0.3 is 5.11 Å². The molecule has 1 aliphatic heterocycles. The van der Waals surface area contributed by atoms with Crippen molar-refractivity contribution in [1.82, 2.24) is 9.88 Å². The van der Waals surface area contributed by atoms with Crippen LogP contribution in [0.4, 0.5) is 0 Å². The van der Waals surface area contributed by atoms with Crippen molar-refractivity contribution in [2.45, 2.75) is 38.3 Å². The summed E-state index contributed by atoms with van der Waals surface area (Å²) in [5.74, 6) is 0. The maximum Gasteiger partial charge on any atom is 0.0639 e. The number of pyridine rings is 1. The molecule has 1 aliphatic rings. The molecule has 1 aromatic heterocycles. The van der Waals surface area contributed by atoms with Gasteiger partial charge in [0.25, 0.3) is 0 Å². The third-order valence-corrected chi connectivity index (χ3v) is 3.18. The summed E-state index contributed by atoms with van der Waals surface area (Å²) in [5, 5.41) is 9.51. The zero-order valence-electron chi connectivity index (χ0n) is 9.84. The van der Waals surface area contributed by atoms with E-state index >= 15 is 0 Å². The number of aliphatic hydroxyl groups excluding tert-OH is 1. The van der Waals surface area contributed by atoms with Gasteiger partial charge in [-0.25, -0.2) is 0 Å². The summed E-state index contributed by atoms with van der Waals surface area (Å²) in [4.78, 5) is 6.56. The van der Waals surface area contributed by atoms with E-state index in [1.165, 1.54) is 24.8 Å². The van der Waals surface area contributed by atoms with Gasteiger partial charge in [-0.1, -0.05) is 12.5 Å². The molecule has 16 heavy (non-hydrogen) atoms. The zero-order chi connectivity index (χ0) is 11.4. The minimum Gasteiger partial charge on any atom is -0.392 e. The molecular formula is C13H20N2O. The van der Waals surface area contributed by atoms with Crippen LogP contribution in [0.3, 0.4) is 0 Å². The van der Waals surface area contributed by atoms with Gasteiger partial charge in [0, 0.05) is 25.0 Å². The SMILES string of the molecule is CC(O)CN1CCCCC1c1cccnc1. The Morgan fingerprint density at radius 2 is 2.44 bits per heavy atom. The van der Waals surface area contributed by atoms with E-state index in [2.05, 4.69) is 16.0 Å². The molecule has 0 bridgehead atoms. The van der Waals surface area contributed by atoms with Crippen molar-refractivity contribution in [2.24, 2.45) is 0 Å². The lowest BCUT2D eigenvalue weighted by Crippen LogP contribution is -2.38. The van der Waals surface area contributed by atoms with Crippen LogP contribution < -0.4 is 0 Å². The number of rotatable bonds is 3. The molecule has 88 valence electrons. The Hall–Kier alpha value is -0.930. The van der Waals surface area contributed by atoms with Crippen LogP contribution in [0.2, 0.25) is 0 Å². The first-order valence-electron chi connectivity index (χ1n) is 6.09. The summed E-state index contributed by atoms with van der Waals surface area (Å²) in [6.07, 6.45) is 7.20. The van der Waals surface area contributed by atoms with Gasteiger partial charge in [-0.05, 0) is 37.9 Å². The maximum absolute atomic E-state index is 9.51. The molecule has 0 spiro atoms. The minimum atomic E-state index is -0.253. The molecule has 2 unspecified atom stereocenters. The highest BCUT2D eigenvalue weighted by atomic mass is 16.3. The van der Waals surface area contributed by atoms with Crippen LogP contribution in [0, 0.1) is 0 Å². The zero-order valence-corrected chi connectivity index (χ0v) is 9.84. The number of aromatic nitrogens is 1. The highest BCUT2D eigenvalue weighted by Gasteiger charge is 2.24. The van der Waals surface area contributed by atoms with E-state index in [-0.39, 0.29) is 6.10 Å². The van der Waals surface area contributed by atoms with Crippen molar-refractivity contribution in [3.63, 3.8) is 0 Å². The Bertz CT molecular complexity index is 313. The molecule has 2 heterocycles. The van der Waals surface area contributed by atoms with Gasteiger partial charge in [-0.3, -0.25) is 9.88 Å². The number of β-amino-alcohol motifs (C(OH)–C–C–N with tert-alkyl or cyclic N) is 1. The Kier molecular flexibility index (Phi) is 3.91. The average Bonchev–Trinajstić information content (AvgIpc) is 2.30. The second kappa shape index (κ2) is 5.41. The predicted octanol–water partition coefficient (Wildman–Crippen LogP) is 1.99. The van der Waals surface area contributed by atoms with E-state index in [1.54, 1.807) is 0 Å². The van der Waals surface area contributed by atoms with Gasteiger partial charge in [0.2, 0.25) is 0 Å². The summed E-state index contributed by atoms with van der Waals surface area (Å²) in [6.45, 7) is 3.71. The van der Waals surface area contributed by atoms with E-state index in [0.717, 1.165) is 13.1 Å². The molecule has 1 fully saturated rings. The van der Waals surface area contributed by atoms with Crippen molar-refractivity contribution >= 4 is 0 Å². The predicted molar refractivity (Wildman–Crippen MR) is 64.1 cm³/mol. The summed E-state index contributed by atoms with van der Waals surface area (Å²) in [6, 6.07) is 4.57. The topological polar surface area (TPSA) is 36.4 Å². The van der Waals surface area contributed by atoms with Crippen molar-refractivity contribution in [3.05, 3.63) is 30.1 Å². The maximum atomic E-state index is 9.51. The number of aliphatic hydroxyl groups is 1. The number of likely N-dealkylation sites (tertiary alicyclic amines) is 1. The Morgan fingerprint density at radius 3 is 3.12 bits per heavy atom. The molecular weight excluding hydrogens is 200 g/mol. The normalized spacial score (nSPS) is 24.2. The van der Waals surface area contributed by atoms with Crippen LogP contribution >= 0.6 is 0 Å². The second-order valence-electron chi connectivity index (χ2n) is 4.64. The van der Waals surface area contributed by atoms with Crippen molar-refractivity contribution in [2.75, 3.05) is 13.1 Å². The fourth-order valence-corrected chi connectivity index (χ4v) is 2.50. The van der Waals surface area contributed by atoms with Crippen molar-refractivity contribution in [1.29, 1.82) is 0 Å². The number of piperidine rings is 1. The first-order valence-corrected chi connectivity index (χ1v) is 6.09. The molecule has 1 N–H and O–H groups in total. The van der Waals surface area contributed by atoms with Crippen molar-refractivity contribution < 1.29 is 5.11 Å². The largest absolute Gasteiger partial charge is 0.392 e. The molecule has 2 atom stereocenters. The van der Waals surface area contributed by atoms with E-state index < -0.39 is 0 Å². The summed E-state index contributed by atoms with van der Waals surface area (Å²) >= 11 is 0. The molecule has 0 saturated carbocycles. The first kappa shape index (κ1) is 11.6. The Balaban J connectivity index is 2.10. The van der Waals surface area contributed by atoms with E-state index in [1.807, 2.05) is 25.4 Å². The highest BCUT2D eigenvalue weighted by Crippen LogP contribution is 2.30. The Labute approximate surface area is 97.1 Å². The number of hydrogen-bond acceptors (Lipinski definition) is 3. The monoisotopic (exact) mass is 220 g/mol. The van der Waals surface area contributed by atoms with Gasteiger partial charge in [-0.2, -0.15) is 0 Å². The Morgan fingerprint density at radius 1 is 1.56 bits per heavy atom. The van der Waals surface area contributed by atoms with Gasteiger partial charge in [0.15, 0.2) is 0 Å². The summed E-state index contributed by atoms with van der Waals surface area (Å²) in [5.41, 5.74) is 1.28. The fourth-order valence-electron chi connectivity index (χ4n) is 2.50. The fraction of sp³-hybridized carbons (Fsp3) is 0.615. The lowest BCUT2D eigenvalue weighted by molar-refractivity contribution is 0.0761. The molecule has 3 nitrogen and oxygen atoms in total. The first-order chi connectivity index (χ1) is 7.77. The van der Waals surface area contributed by atoms with Crippen LogP contribution in [0.5, 0.6) is 0 Å². The lowest BCUT2D eigenvalue weighted by Gasteiger charge is -2.36. The quantitative estimate of drug-likeness (QED) is 0.846. The van der Waals surface area contributed by atoms with E-state index in [9.17, 15) is 5.11 Å². The van der Waals surface area contributed by atoms with Crippen LogP contribution in [0.1, 0.15) is 37.8 Å². The number of nitrogens with zero attached hydrogens (tertiary/aromatic N) is 2. The van der Waals surface area contributed by atoms with E-state index in [4.69, 9.17) is 0 Å². The molecule has 3 heteroatoms. The lowest BCUT2D eigenvalue weighted by atomic mass is 9.96. The summed E-state index contributed by atoms with van der Waals surface area (Å²) < 4.78 is 0. The molecule has 1 aromatic rings. The van der Waals surface area contributed by atoms with Crippen molar-refractivity contribution in [3.8, 4) is 0 Å². The summed E-state index contributed by atoms with van der Waals surface area (Å²) in [7, 11) is 0. The van der Waals surface area contributed by atoms with Crippen LogP contribution in [-0.4, -0.2) is 34.2 Å². The van der Waals surface area contributed by atoms with Gasteiger partial charge in [0.1, 0.15) is 0 Å². The smallest absolute Gasteiger partial charge is 0.0639 e. The van der Waals surface area contributed by atoms with Gasteiger partial charge in [0.05, 0.1) is 6.10 Å². The van der Waals surface area contributed by atoms with Gasteiger partial charge >= 0.3 is 0 Å². The van der Waals surface area contributed by atoms with E-state index in [0.29, 0.717) is 6.04 Å². The molecule has 1 saturated heterocycles. The van der Waals surface area contributed by atoms with Crippen LogP contribution in [0.25, 0.3) is 0 Å². The highest BCUT2D eigenvalue weighted by molar-refractivity contribution is 5.14. The average molecular weight is 220 g/mol. The van der Waals surface area contributed by atoms with Crippen LogP contribution in [0.15, 0.2) is 24.5 Å². The molecule has 0 aliphatic carbocycles. The standard InChI is InChI=1S/C13H20N2O/c1-11(16)10-15-8-3-2-6-13(15)12-5-4-7-14-9-12/h4-5,7,9,11,13,16H,2-3,6,8,10H2,1H3. The molecule has 2 rings (SSSR count). The third kappa shape index (κ3) is 2.80. The van der Waals surface area contributed by atoms with Gasteiger partial charge in [-0.15, -0.1) is 0 Å². The number of hydrogen-bond donors (Lipinski definition) is 1. The molecule has 0 amide bonds. The minimum absolute atomic E-state index is 0.253.